The molecule has 0 atom stereocenters. The van der Waals surface area contributed by atoms with Crippen molar-refractivity contribution in [3.63, 3.8) is 0 Å². The van der Waals surface area contributed by atoms with Gasteiger partial charge in [-0.05, 0) is 60.7 Å². The van der Waals surface area contributed by atoms with Gasteiger partial charge in [-0.1, -0.05) is 80.9 Å². The van der Waals surface area contributed by atoms with Crippen LogP contribution in [0.25, 0.3) is 60.8 Å². The molecule has 0 aliphatic rings. The predicted octanol–water partition coefficient (Wildman–Crippen LogP) is 10.8. The second-order valence-corrected chi connectivity index (χ2v) is 14.0. The number of aryl methyl sites for hydroxylation is 2. The van der Waals surface area contributed by atoms with E-state index in [2.05, 4.69) is 158 Å². The fourth-order valence-corrected chi connectivity index (χ4v) is 7.16. The van der Waals surface area contributed by atoms with Crippen molar-refractivity contribution in [2.45, 2.75) is 40.0 Å². The van der Waals surface area contributed by atoms with Crippen molar-refractivity contribution in [2.24, 2.45) is 0 Å². The molecule has 0 spiro atoms. The smallest absolute Gasteiger partial charge is 0.509 e. The fraction of sp³-hybridized carbons (Fsp3) is 0.136. The van der Waals surface area contributed by atoms with Gasteiger partial charge in [0.25, 0.3) is 0 Å². The summed E-state index contributed by atoms with van der Waals surface area (Å²) in [5.41, 5.74) is 9.17. The summed E-state index contributed by atoms with van der Waals surface area (Å²) in [5, 5.41) is 9.38. The minimum Gasteiger partial charge on any atom is -0.509 e. The van der Waals surface area contributed by atoms with Gasteiger partial charge in [-0.2, -0.15) is 11.2 Å². The summed E-state index contributed by atoms with van der Waals surface area (Å²) in [6.07, 6.45) is 1.89. The standard InChI is InChI=1S/C44H35N5O.Pt/c1-28-22-29(2)49(46-28)32-23-30(44(3,4)5)24-34(25-32)50-33-18-19-38-37-14-8-11-17-41(37)48(42(38)27-33)43-26-31(20-21-45-43)47-39-15-9-6-12-35(39)36-13-7-10-16-40(36)47;/h6-24,26H,1-5H3;/q-2;+4. The van der Waals surface area contributed by atoms with Crippen molar-refractivity contribution in [3.05, 3.63) is 151 Å². The molecule has 0 saturated heterocycles. The van der Waals surface area contributed by atoms with Crippen LogP contribution in [0.3, 0.4) is 0 Å². The first-order valence-corrected chi connectivity index (χ1v) is 16.9. The van der Waals surface area contributed by atoms with Crippen LogP contribution in [0.4, 0.5) is 0 Å². The van der Waals surface area contributed by atoms with Gasteiger partial charge in [0.05, 0.1) is 22.4 Å². The Kier molecular flexibility index (Phi) is 7.96. The van der Waals surface area contributed by atoms with Crippen molar-refractivity contribution in [3.8, 4) is 28.7 Å². The van der Waals surface area contributed by atoms with Crippen molar-refractivity contribution in [1.29, 1.82) is 0 Å². The Balaban J connectivity index is 0.00000374. The van der Waals surface area contributed by atoms with E-state index in [0.717, 1.165) is 67.0 Å². The summed E-state index contributed by atoms with van der Waals surface area (Å²) in [5.74, 6) is 2.02. The van der Waals surface area contributed by atoms with Gasteiger partial charge in [0.1, 0.15) is 5.82 Å². The SMILES string of the molecule is Cc1cc(C)n(-c2[c-]c(Oc3[c-]c4c(cc3)c3ccccc3n4-c3cc(-n4c5ccccc5c5ccccc54)ccn3)cc(C(C)(C)C)c2)n1.[Pt+4]. The van der Waals surface area contributed by atoms with Gasteiger partial charge in [0.15, 0.2) is 0 Å². The Labute approximate surface area is 311 Å². The summed E-state index contributed by atoms with van der Waals surface area (Å²) < 4.78 is 13.0. The maximum atomic E-state index is 6.61. The van der Waals surface area contributed by atoms with E-state index >= 15 is 0 Å². The minimum absolute atomic E-state index is 0. The normalized spacial score (nSPS) is 11.9. The number of nitrogens with zero attached hydrogens (tertiary/aromatic N) is 5. The van der Waals surface area contributed by atoms with Crippen molar-refractivity contribution in [1.82, 2.24) is 23.9 Å². The second kappa shape index (κ2) is 12.4. The number of hydrogen-bond acceptors (Lipinski definition) is 3. The summed E-state index contributed by atoms with van der Waals surface area (Å²) in [4.78, 5) is 4.93. The minimum atomic E-state index is -0.106. The molecule has 9 aromatic rings. The van der Waals surface area contributed by atoms with E-state index in [1.54, 1.807) is 0 Å². The molecule has 0 bridgehead atoms. The third-order valence-corrected chi connectivity index (χ3v) is 9.51. The van der Waals surface area contributed by atoms with Crippen molar-refractivity contribution < 1.29 is 25.8 Å². The number of fused-ring (bicyclic) bond motifs is 6. The van der Waals surface area contributed by atoms with E-state index in [1.807, 2.05) is 23.9 Å². The molecule has 0 unspecified atom stereocenters. The maximum absolute atomic E-state index is 6.61. The number of pyridine rings is 1. The van der Waals surface area contributed by atoms with Crippen molar-refractivity contribution >= 4 is 43.6 Å². The molecule has 9 rings (SSSR count). The molecule has 0 N–H and O–H groups in total. The summed E-state index contributed by atoms with van der Waals surface area (Å²) in [6, 6.07) is 47.3. The average Bonchev–Trinajstić information content (AvgIpc) is 3.75. The monoisotopic (exact) mass is 844 g/mol. The Morgan fingerprint density at radius 3 is 1.88 bits per heavy atom. The van der Waals surface area contributed by atoms with E-state index in [9.17, 15) is 0 Å². The van der Waals surface area contributed by atoms with Crippen LogP contribution in [-0.2, 0) is 26.5 Å². The van der Waals surface area contributed by atoms with E-state index in [0.29, 0.717) is 11.5 Å². The van der Waals surface area contributed by atoms with Crippen LogP contribution >= 0.6 is 0 Å². The van der Waals surface area contributed by atoms with E-state index in [4.69, 9.17) is 14.8 Å². The summed E-state index contributed by atoms with van der Waals surface area (Å²) in [6.45, 7) is 10.7. The Bertz CT molecular complexity index is 2710. The van der Waals surface area contributed by atoms with Gasteiger partial charge in [-0.15, -0.1) is 41.3 Å². The van der Waals surface area contributed by atoms with Crippen LogP contribution < -0.4 is 4.74 Å². The van der Waals surface area contributed by atoms with Crippen LogP contribution in [0.15, 0.2) is 121 Å². The predicted molar refractivity (Wildman–Crippen MR) is 202 cm³/mol. The number of ether oxygens (including phenoxy) is 1. The average molecular weight is 845 g/mol. The molecule has 0 aliphatic carbocycles. The first-order chi connectivity index (χ1) is 24.2. The summed E-state index contributed by atoms with van der Waals surface area (Å²) in [7, 11) is 0. The zero-order chi connectivity index (χ0) is 34.1. The largest absolute Gasteiger partial charge is 4.00 e. The maximum Gasteiger partial charge on any atom is 4.00 e. The van der Waals surface area contributed by atoms with Gasteiger partial charge < -0.3 is 13.9 Å². The molecule has 0 fully saturated rings. The molecule has 0 radical (unpaired) electrons. The molecule has 6 nitrogen and oxygen atoms in total. The molecular formula is C44H35N5OPt+2. The summed E-state index contributed by atoms with van der Waals surface area (Å²) >= 11 is 0. The van der Waals surface area contributed by atoms with E-state index < -0.39 is 0 Å². The molecule has 0 saturated carbocycles. The Morgan fingerprint density at radius 2 is 1.25 bits per heavy atom. The molecule has 5 aromatic carbocycles. The number of rotatable bonds is 5. The van der Waals surface area contributed by atoms with Gasteiger partial charge in [-0.25, -0.2) is 4.98 Å². The number of hydrogen-bond donors (Lipinski definition) is 0. The first kappa shape index (κ1) is 32.7. The molecule has 4 aromatic heterocycles. The third-order valence-electron chi connectivity index (χ3n) is 9.51. The van der Waals surface area contributed by atoms with Gasteiger partial charge in [-0.3, -0.25) is 4.68 Å². The molecule has 0 amide bonds. The van der Waals surface area contributed by atoms with Gasteiger partial charge in [0, 0.05) is 45.7 Å². The first-order valence-electron chi connectivity index (χ1n) is 16.9. The number of benzene rings is 5. The van der Waals surface area contributed by atoms with Crippen LogP contribution in [0, 0.1) is 26.0 Å². The van der Waals surface area contributed by atoms with Crippen LogP contribution in [0.2, 0.25) is 0 Å². The quantitative estimate of drug-likeness (QED) is 0.162. The van der Waals surface area contributed by atoms with Crippen molar-refractivity contribution in [2.75, 3.05) is 0 Å². The zero-order valence-electron chi connectivity index (χ0n) is 29.0. The zero-order valence-corrected chi connectivity index (χ0v) is 31.3. The second-order valence-electron chi connectivity index (χ2n) is 14.0. The molecule has 4 heterocycles. The van der Waals surface area contributed by atoms with Crippen LogP contribution in [0.1, 0.15) is 37.7 Å². The Hall–Kier alpha value is -5.45. The molecule has 7 heteroatoms. The number of aromatic nitrogens is 5. The molecule has 0 aliphatic heterocycles. The molecule has 51 heavy (non-hydrogen) atoms. The van der Waals surface area contributed by atoms with Gasteiger partial charge in [0.2, 0.25) is 0 Å². The van der Waals surface area contributed by atoms with E-state index in [1.165, 1.54) is 10.8 Å². The van der Waals surface area contributed by atoms with Crippen LogP contribution in [-0.4, -0.2) is 23.9 Å². The number of para-hydroxylation sites is 3. The van der Waals surface area contributed by atoms with E-state index in [-0.39, 0.29) is 26.5 Å². The Morgan fingerprint density at radius 1 is 0.627 bits per heavy atom. The van der Waals surface area contributed by atoms with Crippen LogP contribution in [0.5, 0.6) is 11.5 Å². The topological polar surface area (TPSA) is 49.8 Å². The molecule has 250 valence electrons. The molecular weight excluding hydrogens is 810 g/mol. The third kappa shape index (κ3) is 5.55. The fourth-order valence-electron chi connectivity index (χ4n) is 7.16. The van der Waals surface area contributed by atoms with Gasteiger partial charge >= 0.3 is 21.1 Å².